The van der Waals surface area contributed by atoms with Crippen LogP contribution in [-0.2, 0) is 32.8 Å². The molecule has 254 valence electrons. The number of aliphatic hydroxyl groups is 2. The summed E-state index contributed by atoms with van der Waals surface area (Å²) in [4.78, 5) is 0. The van der Waals surface area contributed by atoms with Gasteiger partial charge in [-0.1, -0.05) is 127 Å². The molecule has 50 heavy (non-hydrogen) atoms. The Balaban J connectivity index is 1.22. The number of phenols is 1. The Hall–Kier alpha value is -5.76. The van der Waals surface area contributed by atoms with Crippen molar-refractivity contribution in [1.29, 1.82) is 0 Å². The SMILES string of the molecule is Oc1cc(OCc2ccccc2)cc(OCc2ccccc2)c1C[C@H](O)[14C@@H](O)c1ccc(OCc2ccccc2)c(OCc2ccccc2)c1. The van der Waals surface area contributed by atoms with Gasteiger partial charge in [-0.25, -0.2) is 0 Å². The molecule has 7 nitrogen and oxygen atoms in total. The summed E-state index contributed by atoms with van der Waals surface area (Å²) < 4.78 is 24.5. The second-order valence-electron chi connectivity index (χ2n) is 11.9. The molecule has 6 aromatic carbocycles. The smallest absolute Gasteiger partial charge is 0.162 e. The molecule has 0 aliphatic carbocycles. The standard InChI is InChI=1S/C43H40O7/c44-38-24-36(47-27-31-13-5-1-6-14-31)25-41(49-29-33-17-9-3-10-18-33)37(38)26-39(45)43(46)35-21-22-40(48-28-32-15-7-2-8-16-32)42(23-35)50-30-34-19-11-4-12-20-34/h1-25,39,43-46H,26-30H2/t39-,43-/m0/s1/i43+2. The summed E-state index contributed by atoms with van der Waals surface area (Å²) in [6.07, 6.45) is -2.70. The summed E-state index contributed by atoms with van der Waals surface area (Å²) in [6.45, 7) is 1.17. The van der Waals surface area contributed by atoms with Gasteiger partial charge in [-0.3, -0.25) is 0 Å². The van der Waals surface area contributed by atoms with Crippen molar-refractivity contribution >= 4 is 0 Å². The maximum Gasteiger partial charge on any atom is 0.162 e. The molecule has 0 aliphatic rings. The van der Waals surface area contributed by atoms with Crippen LogP contribution in [0.1, 0.15) is 39.5 Å². The van der Waals surface area contributed by atoms with Crippen LogP contribution in [0.3, 0.4) is 0 Å². The maximum absolute atomic E-state index is 11.4. The third kappa shape index (κ3) is 9.44. The first kappa shape index (κ1) is 34.1. The maximum atomic E-state index is 11.4. The molecular formula is C43H40O7. The highest BCUT2D eigenvalue weighted by Gasteiger charge is 2.25. The Labute approximate surface area is 292 Å². The van der Waals surface area contributed by atoms with Crippen molar-refractivity contribution in [2.45, 2.75) is 45.1 Å². The molecular weight excluding hydrogens is 630 g/mol. The summed E-state index contributed by atoms with van der Waals surface area (Å²) in [7, 11) is 0. The first-order valence-corrected chi connectivity index (χ1v) is 16.5. The predicted molar refractivity (Wildman–Crippen MR) is 192 cm³/mol. The molecule has 6 rings (SSSR count). The molecule has 0 radical (unpaired) electrons. The topological polar surface area (TPSA) is 97.6 Å². The zero-order valence-electron chi connectivity index (χ0n) is 27.6. The number of aromatic hydroxyl groups is 1. The van der Waals surface area contributed by atoms with Crippen molar-refractivity contribution in [3.8, 4) is 28.7 Å². The fraction of sp³-hybridized carbons (Fsp3) is 0.163. The van der Waals surface area contributed by atoms with E-state index in [4.69, 9.17) is 18.9 Å². The van der Waals surface area contributed by atoms with Gasteiger partial charge in [0.15, 0.2) is 11.5 Å². The van der Waals surface area contributed by atoms with Crippen molar-refractivity contribution in [3.63, 3.8) is 0 Å². The molecule has 0 unspecified atom stereocenters. The highest BCUT2D eigenvalue weighted by atomic mass is 16.5. The fourth-order valence-electron chi connectivity index (χ4n) is 5.45. The lowest BCUT2D eigenvalue weighted by Crippen LogP contribution is -2.21. The number of ether oxygens (including phenoxy) is 4. The van der Waals surface area contributed by atoms with E-state index < -0.39 is 12.2 Å². The molecule has 0 spiro atoms. The van der Waals surface area contributed by atoms with Crippen molar-refractivity contribution in [3.05, 3.63) is 185 Å². The Bertz CT molecular complexity index is 1920. The van der Waals surface area contributed by atoms with Crippen LogP contribution in [0.5, 0.6) is 28.7 Å². The number of hydrogen-bond acceptors (Lipinski definition) is 7. The van der Waals surface area contributed by atoms with Gasteiger partial charge in [-0.15, -0.1) is 0 Å². The van der Waals surface area contributed by atoms with Gasteiger partial charge in [0.2, 0.25) is 0 Å². The number of hydrogen-bond donors (Lipinski definition) is 3. The Morgan fingerprint density at radius 2 is 0.920 bits per heavy atom. The molecule has 0 bridgehead atoms. The van der Waals surface area contributed by atoms with Crippen molar-refractivity contribution in [2.24, 2.45) is 0 Å². The lowest BCUT2D eigenvalue weighted by molar-refractivity contribution is 0.0180. The Kier molecular flexibility index (Phi) is 11.6. The number of benzene rings is 6. The van der Waals surface area contributed by atoms with Crippen LogP contribution in [-0.4, -0.2) is 21.4 Å². The normalized spacial score (nSPS) is 12.1. The zero-order valence-corrected chi connectivity index (χ0v) is 27.6. The lowest BCUT2D eigenvalue weighted by Gasteiger charge is -2.22. The van der Waals surface area contributed by atoms with E-state index in [-0.39, 0.29) is 18.8 Å². The van der Waals surface area contributed by atoms with Gasteiger partial charge in [0.05, 0.1) is 6.10 Å². The van der Waals surface area contributed by atoms with E-state index in [9.17, 15) is 15.3 Å². The van der Waals surface area contributed by atoms with Gasteiger partial charge in [-0.05, 0) is 39.9 Å². The number of rotatable bonds is 16. The van der Waals surface area contributed by atoms with Gasteiger partial charge in [-0.2, -0.15) is 0 Å². The first-order valence-electron chi connectivity index (χ1n) is 16.5. The monoisotopic (exact) mass is 670 g/mol. The third-order valence-corrected chi connectivity index (χ3v) is 8.21. The van der Waals surface area contributed by atoms with Crippen molar-refractivity contribution in [1.82, 2.24) is 0 Å². The summed E-state index contributed by atoms with van der Waals surface area (Å²) in [6, 6.07) is 47.3. The Morgan fingerprint density at radius 3 is 1.42 bits per heavy atom. The quantitative estimate of drug-likeness (QED) is 0.0953. The first-order chi connectivity index (χ1) is 24.5. The number of aliphatic hydroxyl groups excluding tert-OH is 2. The van der Waals surface area contributed by atoms with Gasteiger partial charge >= 0.3 is 0 Å². The molecule has 2 atom stereocenters. The second kappa shape index (κ2) is 17.1. The van der Waals surface area contributed by atoms with E-state index in [0.29, 0.717) is 53.9 Å². The predicted octanol–water partition coefficient (Wildman–Crippen LogP) is 8.35. The van der Waals surface area contributed by atoms with Crippen molar-refractivity contribution in [2.75, 3.05) is 0 Å². The molecule has 0 saturated heterocycles. The van der Waals surface area contributed by atoms with Gasteiger partial charge in [0, 0.05) is 24.1 Å². The summed E-state index contributed by atoms with van der Waals surface area (Å²) >= 11 is 0. The summed E-state index contributed by atoms with van der Waals surface area (Å²) in [5, 5.41) is 34.0. The molecule has 0 fully saturated rings. The minimum atomic E-state index is -1.31. The van der Waals surface area contributed by atoms with E-state index >= 15 is 0 Å². The number of phenolic OH excluding ortho intramolecular Hbond substituents is 1. The average Bonchev–Trinajstić information content (AvgIpc) is 3.17. The van der Waals surface area contributed by atoms with Gasteiger partial charge in [0.25, 0.3) is 0 Å². The van der Waals surface area contributed by atoms with Crippen LogP contribution in [0.15, 0.2) is 152 Å². The van der Waals surface area contributed by atoms with Crippen LogP contribution in [0, 0.1) is 0 Å². The van der Waals surface area contributed by atoms with Gasteiger partial charge in [0.1, 0.15) is 49.8 Å². The van der Waals surface area contributed by atoms with Crippen LogP contribution in [0.4, 0.5) is 0 Å². The molecule has 0 amide bonds. The van der Waals surface area contributed by atoms with Crippen molar-refractivity contribution < 1.29 is 34.3 Å². The van der Waals surface area contributed by atoms with Gasteiger partial charge < -0.3 is 34.3 Å². The van der Waals surface area contributed by atoms with E-state index in [1.165, 1.54) is 6.07 Å². The molecule has 6 aromatic rings. The molecule has 0 heterocycles. The lowest BCUT2D eigenvalue weighted by atomic mass is 10.1. The minimum absolute atomic E-state index is 0.0947. The Morgan fingerprint density at radius 1 is 0.480 bits per heavy atom. The highest BCUT2D eigenvalue weighted by Crippen LogP contribution is 2.38. The molecule has 7 heteroatoms. The van der Waals surface area contributed by atoms with Crippen LogP contribution in [0.2, 0.25) is 0 Å². The molecule has 0 saturated carbocycles. The summed E-state index contributed by atoms with van der Waals surface area (Å²) in [5.74, 6) is 1.60. The molecule has 3 N–H and O–H groups in total. The fourth-order valence-corrected chi connectivity index (χ4v) is 5.45. The van der Waals surface area contributed by atoms with E-state index in [2.05, 4.69) is 0 Å². The van der Waals surface area contributed by atoms with Crippen LogP contribution in [0.25, 0.3) is 0 Å². The molecule has 0 aromatic heterocycles. The van der Waals surface area contributed by atoms with E-state index in [1.807, 2.05) is 121 Å². The third-order valence-electron chi connectivity index (χ3n) is 8.21. The van der Waals surface area contributed by atoms with E-state index in [0.717, 1.165) is 22.3 Å². The highest BCUT2D eigenvalue weighted by molar-refractivity contribution is 5.51. The van der Waals surface area contributed by atoms with E-state index in [1.54, 1.807) is 24.3 Å². The average molecular weight is 671 g/mol. The summed E-state index contributed by atoms with van der Waals surface area (Å²) in [5.41, 5.74) is 4.67. The second-order valence-corrected chi connectivity index (χ2v) is 11.9. The van der Waals surface area contributed by atoms with Crippen LogP contribution < -0.4 is 18.9 Å². The zero-order chi connectivity index (χ0) is 34.5. The largest absolute Gasteiger partial charge is 0.507 e. The van der Waals surface area contributed by atoms with Crippen LogP contribution >= 0.6 is 0 Å². The molecule has 0 aliphatic heterocycles. The minimum Gasteiger partial charge on any atom is -0.507 e.